The second-order valence-electron chi connectivity index (χ2n) is 6.26. The molecule has 4 rings (SSSR count). The van der Waals surface area contributed by atoms with Gasteiger partial charge in [-0.1, -0.05) is 59.2 Å². The molecule has 1 spiro atoms. The Morgan fingerprint density at radius 1 is 0.857 bits per heavy atom. The van der Waals surface area contributed by atoms with Crippen LogP contribution in [0.1, 0.15) is 11.1 Å². The van der Waals surface area contributed by atoms with Crippen LogP contribution in [-0.2, 0) is 4.79 Å². The van der Waals surface area contributed by atoms with Crippen molar-refractivity contribution >= 4 is 62.5 Å². The first-order chi connectivity index (χ1) is 13.4. The van der Waals surface area contributed by atoms with Crippen molar-refractivity contribution in [2.45, 2.75) is 0 Å². The van der Waals surface area contributed by atoms with Crippen molar-refractivity contribution < 1.29 is 9.59 Å². The molecule has 5 nitrogen and oxygen atoms in total. The van der Waals surface area contributed by atoms with Gasteiger partial charge in [0.1, 0.15) is 11.3 Å². The van der Waals surface area contributed by atoms with E-state index < -0.39 is 17.4 Å². The number of nitrogens with one attached hydrogen (secondary N) is 1. The number of benzene rings is 2. The number of urea groups is 1. The Morgan fingerprint density at radius 2 is 1.32 bits per heavy atom. The normalized spacial score (nSPS) is 18.3. The van der Waals surface area contributed by atoms with Crippen molar-refractivity contribution in [1.82, 2.24) is 5.32 Å². The van der Waals surface area contributed by atoms with E-state index in [2.05, 4.69) is 10.3 Å². The van der Waals surface area contributed by atoms with Crippen LogP contribution in [0.25, 0.3) is 9.81 Å². The Labute approximate surface area is 175 Å². The van der Waals surface area contributed by atoms with Crippen LogP contribution in [0, 0.1) is 5.41 Å². The van der Waals surface area contributed by atoms with E-state index in [0.717, 1.165) is 20.9 Å². The molecule has 0 aliphatic carbocycles. The summed E-state index contributed by atoms with van der Waals surface area (Å²) in [5, 5.41) is 3.46. The van der Waals surface area contributed by atoms with E-state index in [1.807, 2.05) is 24.3 Å². The summed E-state index contributed by atoms with van der Waals surface area (Å²) in [5.41, 5.74) is 6.46. The molecule has 3 amide bonds. The molecular formula is C20H13Cl2N3O2S. The molecule has 0 saturated heterocycles. The van der Waals surface area contributed by atoms with Gasteiger partial charge in [0.15, 0.2) is 0 Å². The molecule has 0 saturated carbocycles. The minimum Gasteiger partial charge on any atom is -0.386 e. The number of amidine groups is 1. The quantitative estimate of drug-likeness (QED) is 0.723. The predicted molar refractivity (Wildman–Crippen MR) is 114 cm³/mol. The average Bonchev–Trinajstić information content (AvgIpc) is 2.67. The van der Waals surface area contributed by atoms with Gasteiger partial charge in [-0.2, -0.15) is 4.99 Å². The first-order valence-electron chi connectivity index (χ1n) is 8.23. The van der Waals surface area contributed by atoms with E-state index >= 15 is 0 Å². The zero-order valence-corrected chi connectivity index (χ0v) is 16.6. The highest BCUT2D eigenvalue weighted by atomic mass is 35.5. The Morgan fingerprint density at radius 3 is 1.75 bits per heavy atom. The standard InChI is InChI=1S/C20H13Cl2N3O2S/c21-13-5-1-11(2-6-13)15-9-20(17(23)24-19(27)25-18(20)26)10-16(28-15)12-3-7-14(22)8-4-12/h1-10H,(H3,23,24,25,26,27). The lowest BCUT2D eigenvalue weighted by molar-refractivity contribution is -0.123. The second kappa shape index (κ2) is 7.13. The fraction of sp³-hybridized carbons (Fsp3) is 0.0500. The maximum atomic E-state index is 12.8. The molecule has 28 heavy (non-hydrogen) atoms. The maximum absolute atomic E-state index is 12.8. The largest absolute Gasteiger partial charge is 0.386 e. The van der Waals surface area contributed by atoms with Crippen molar-refractivity contribution in [3.05, 3.63) is 81.9 Å². The zero-order chi connectivity index (χ0) is 19.9. The van der Waals surface area contributed by atoms with Crippen LogP contribution >= 0.6 is 35.0 Å². The molecule has 0 radical (unpaired) electrons. The summed E-state index contributed by atoms with van der Waals surface area (Å²) in [6, 6.07) is 13.8. The summed E-state index contributed by atoms with van der Waals surface area (Å²) >= 11 is 13.5. The minimum absolute atomic E-state index is 0.0699. The molecule has 2 aliphatic heterocycles. The van der Waals surface area contributed by atoms with Crippen LogP contribution in [0.2, 0.25) is 10.0 Å². The number of carbonyl (C=O) groups is 2. The molecule has 3 N–H and O–H groups in total. The number of amides is 3. The Bertz CT molecular complexity index is 1010. The molecule has 0 fully saturated rings. The third-order valence-corrected chi connectivity index (χ3v) is 6.09. The van der Waals surface area contributed by atoms with Gasteiger partial charge in [-0.25, -0.2) is 4.79 Å². The molecule has 0 bridgehead atoms. The highest BCUT2D eigenvalue weighted by molar-refractivity contribution is 8.16. The van der Waals surface area contributed by atoms with Gasteiger partial charge in [-0.05, 0) is 47.5 Å². The lowest BCUT2D eigenvalue weighted by Crippen LogP contribution is -2.53. The molecule has 0 atom stereocenters. The lowest BCUT2D eigenvalue weighted by atomic mass is 9.82. The molecule has 0 unspecified atom stereocenters. The van der Waals surface area contributed by atoms with Gasteiger partial charge in [0.25, 0.3) is 0 Å². The number of thioether (sulfide) groups is 1. The Kier molecular flexibility index (Phi) is 4.79. The topological polar surface area (TPSA) is 84.5 Å². The summed E-state index contributed by atoms with van der Waals surface area (Å²) in [6.07, 6.45) is 3.45. The van der Waals surface area contributed by atoms with Gasteiger partial charge < -0.3 is 5.73 Å². The Balaban J connectivity index is 1.89. The Hall–Kier alpha value is -2.54. The van der Waals surface area contributed by atoms with Crippen LogP contribution in [-0.4, -0.2) is 17.8 Å². The number of carbonyl (C=O) groups excluding carboxylic acids is 2. The van der Waals surface area contributed by atoms with E-state index in [0.29, 0.717) is 10.0 Å². The van der Waals surface area contributed by atoms with E-state index in [9.17, 15) is 9.59 Å². The molecule has 2 heterocycles. The molecular weight excluding hydrogens is 417 g/mol. The van der Waals surface area contributed by atoms with Gasteiger partial charge in [-0.3, -0.25) is 10.1 Å². The highest BCUT2D eigenvalue weighted by Crippen LogP contribution is 2.48. The molecule has 140 valence electrons. The summed E-state index contributed by atoms with van der Waals surface area (Å²) in [6.45, 7) is 0. The maximum Gasteiger partial charge on any atom is 0.349 e. The summed E-state index contributed by atoms with van der Waals surface area (Å²) in [7, 11) is 0. The summed E-state index contributed by atoms with van der Waals surface area (Å²) in [4.78, 5) is 29.8. The lowest BCUT2D eigenvalue weighted by Gasteiger charge is -2.33. The SMILES string of the molecule is NC1=NC(=O)NC(=O)C12C=C(c1ccc(Cl)cc1)SC(c1ccc(Cl)cc1)=C2. The third-order valence-electron chi connectivity index (χ3n) is 4.44. The molecule has 0 aromatic heterocycles. The minimum atomic E-state index is -1.36. The molecule has 2 aromatic carbocycles. The number of hydrogen-bond acceptors (Lipinski definition) is 4. The highest BCUT2D eigenvalue weighted by Gasteiger charge is 2.45. The van der Waals surface area contributed by atoms with Gasteiger partial charge in [-0.15, -0.1) is 0 Å². The number of nitrogens with zero attached hydrogens (tertiary/aromatic N) is 1. The van der Waals surface area contributed by atoms with E-state index in [4.69, 9.17) is 28.9 Å². The first-order valence-corrected chi connectivity index (χ1v) is 9.80. The van der Waals surface area contributed by atoms with E-state index in [1.165, 1.54) is 11.8 Å². The predicted octanol–water partition coefficient (Wildman–Crippen LogP) is 4.72. The van der Waals surface area contributed by atoms with E-state index in [-0.39, 0.29) is 5.84 Å². The van der Waals surface area contributed by atoms with Gasteiger partial charge in [0, 0.05) is 19.9 Å². The van der Waals surface area contributed by atoms with E-state index in [1.54, 1.807) is 36.4 Å². The van der Waals surface area contributed by atoms with Gasteiger partial charge in [0.05, 0.1) is 0 Å². The van der Waals surface area contributed by atoms with Crippen molar-refractivity contribution in [3.63, 3.8) is 0 Å². The molecule has 8 heteroatoms. The number of halogens is 2. The van der Waals surface area contributed by atoms with Crippen LogP contribution in [0.15, 0.2) is 65.7 Å². The van der Waals surface area contributed by atoms with Crippen molar-refractivity contribution in [2.75, 3.05) is 0 Å². The molecule has 2 aliphatic rings. The van der Waals surface area contributed by atoms with Crippen LogP contribution in [0.3, 0.4) is 0 Å². The van der Waals surface area contributed by atoms with Crippen LogP contribution in [0.4, 0.5) is 4.79 Å². The smallest absolute Gasteiger partial charge is 0.349 e. The average molecular weight is 430 g/mol. The van der Waals surface area contributed by atoms with Gasteiger partial charge >= 0.3 is 6.03 Å². The summed E-state index contributed by atoms with van der Waals surface area (Å²) in [5.74, 6) is -0.609. The zero-order valence-electron chi connectivity index (χ0n) is 14.3. The number of imide groups is 1. The number of rotatable bonds is 2. The summed E-state index contributed by atoms with van der Waals surface area (Å²) < 4.78 is 0. The van der Waals surface area contributed by atoms with Crippen molar-refractivity contribution in [2.24, 2.45) is 16.1 Å². The van der Waals surface area contributed by atoms with Crippen molar-refractivity contribution in [3.8, 4) is 0 Å². The first kappa shape index (κ1) is 18.8. The van der Waals surface area contributed by atoms with Gasteiger partial charge in [0.2, 0.25) is 5.91 Å². The molecule has 2 aromatic rings. The monoisotopic (exact) mass is 429 g/mol. The number of nitrogens with two attached hydrogens (primary N) is 1. The third kappa shape index (κ3) is 3.35. The van der Waals surface area contributed by atoms with Crippen LogP contribution < -0.4 is 11.1 Å². The second-order valence-corrected chi connectivity index (χ2v) is 8.22. The van der Waals surface area contributed by atoms with Crippen molar-refractivity contribution in [1.29, 1.82) is 0 Å². The van der Waals surface area contributed by atoms with Crippen LogP contribution in [0.5, 0.6) is 0 Å². The number of hydrogen-bond donors (Lipinski definition) is 2. The number of aliphatic imine (C=N–C) groups is 1. The fourth-order valence-electron chi connectivity index (χ4n) is 2.97. The fourth-order valence-corrected chi connectivity index (χ4v) is 4.46.